The van der Waals surface area contributed by atoms with Crippen LogP contribution in [-0.4, -0.2) is 37.0 Å². The summed E-state index contributed by atoms with van der Waals surface area (Å²) in [6.45, 7) is 6.23. The van der Waals surface area contributed by atoms with E-state index in [9.17, 15) is 4.79 Å². The Kier molecular flexibility index (Phi) is 6.30. The zero-order chi connectivity index (χ0) is 21.8. The van der Waals surface area contributed by atoms with Crippen molar-refractivity contribution in [2.45, 2.75) is 27.3 Å². The second-order valence-corrected chi connectivity index (χ2v) is 6.98. The first-order chi connectivity index (χ1) is 14.4. The van der Waals surface area contributed by atoms with Crippen LogP contribution in [0.15, 0.2) is 36.4 Å². The van der Waals surface area contributed by atoms with E-state index >= 15 is 0 Å². The first-order valence-electron chi connectivity index (χ1n) is 9.59. The fraction of sp³-hybridized carbons (Fsp3) is 0.304. The van der Waals surface area contributed by atoms with Gasteiger partial charge < -0.3 is 19.5 Å². The summed E-state index contributed by atoms with van der Waals surface area (Å²) in [4.78, 5) is 12.9. The van der Waals surface area contributed by atoms with E-state index in [-0.39, 0.29) is 5.91 Å². The lowest BCUT2D eigenvalue weighted by atomic mass is 10.1. The van der Waals surface area contributed by atoms with Gasteiger partial charge in [0.15, 0.2) is 11.5 Å². The number of nitrogens with one attached hydrogen (secondary N) is 1. The first-order valence-corrected chi connectivity index (χ1v) is 9.59. The molecule has 30 heavy (non-hydrogen) atoms. The lowest BCUT2D eigenvalue weighted by molar-refractivity contribution is 0.102. The largest absolute Gasteiger partial charge is 0.496 e. The van der Waals surface area contributed by atoms with Crippen molar-refractivity contribution in [1.29, 1.82) is 0 Å². The van der Waals surface area contributed by atoms with Gasteiger partial charge >= 0.3 is 0 Å². The first kappa shape index (κ1) is 21.2. The third-order valence-corrected chi connectivity index (χ3v) is 5.15. The van der Waals surface area contributed by atoms with Crippen LogP contribution in [0.1, 0.15) is 32.9 Å². The van der Waals surface area contributed by atoms with Crippen LogP contribution in [0, 0.1) is 20.8 Å². The van der Waals surface area contributed by atoms with E-state index in [4.69, 9.17) is 14.2 Å². The second kappa shape index (κ2) is 8.90. The third kappa shape index (κ3) is 4.10. The number of aryl methyl sites for hydroxylation is 1. The van der Waals surface area contributed by atoms with Crippen LogP contribution in [0.3, 0.4) is 0 Å². The monoisotopic (exact) mass is 409 g/mol. The molecule has 3 rings (SSSR count). The van der Waals surface area contributed by atoms with Crippen LogP contribution in [0.5, 0.6) is 17.2 Å². The molecule has 0 aliphatic carbocycles. The molecule has 0 unspecified atom stereocenters. The van der Waals surface area contributed by atoms with Crippen LogP contribution in [-0.2, 0) is 6.54 Å². The summed E-state index contributed by atoms with van der Waals surface area (Å²) in [5.41, 5.74) is 4.71. The number of anilines is 1. The predicted molar refractivity (Wildman–Crippen MR) is 116 cm³/mol. The highest BCUT2D eigenvalue weighted by atomic mass is 16.5. The molecule has 2 aromatic carbocycles. The van der Waals surface area contributed by atoms with Crippen molar-refractivity contribution in [1.82, 2.24) is 9.78 Å². The molecule has 0 bridgehead atoms. The highest BCUT2D eigenvalue weighted by Crippen LogP contribution is 2.29. The van der Waals surface area contributed by atoms with Crippen LogP contribution in [0.4, 0.5) is 5.69 Å². The maximum absolute atomic E-state index is 12.9. The number of methoxy groups -OCH3 is 3. The van der Waals surface area contributed by atoms with Gasteiger partial charge in [0, 0.05) is 11.1 Å². The number of rotatable bonds is 7. The molecule has 0 fully saturated rings. The summed E-state index contributed by atoms with van der Waals surface area (Å²) < 4.78 is 17.9. The van der Waals surface area contributed by atoms with Crippen molar-refractivity contribution < 1.29 is 19.0 Å². The Morgan fingerprint density at radius 2 is 1.67 bits per heavy atom. The number of amides is 1. The molecule has 0 radical (unpaired) electrons. The Morgan fingerprint density at radius 1 is 0.967 bits per heavy atom. The minimum atomic E-state index is -0.191. The van der Waals surface area contributed by atoms with Crippen molar-refractivity contribution >= 4 is 11.6 Å². The number of hydrogen-bond donors (Lipinski definition) is 1. The topological polar surface area (TPSA) is 74.6 Å². The standard InChI is InChI=1S/C23H27N3O4/c1-14-18(8-7-9-19(14)28-4)23(27)24-22-15(2)25-26(16(22)3)13-17-10-11-20(29-5)21(12-17)30-6/h7-12H,13H2,1-6H3,(H,24,27). The van der Waals surface area contributed by atoms with E-state index in [1.54, 1.807) is 33.5 Å². The third-order valence-electron chi connectivity index (χ3n) is 5.15. The number of hydrogen-bond acceptors (Lipinski definition) is 5. The molecular formula is C23H27N3O4. The van der Waals surface area contributed by atoms with Crippen LogP contribution in [0.25, 0.3) is 0 Å². The summed E-state index contributed by atoms with van der Waals surface area (Å²) in [5, 5.41) is 7.62. The zero-order valence-corrected chi connectivity index (χ0v) is 18.2. The molecule has 1 heterocycles. The second-order valence-electron chi connectivity index (χ2n) is 6.98. The predicted octanol–water partition coefficient (Wildman–Crippen LogP) is 4.13. The molecule has 1 N–H and O–H groups in total. The summed E-state index contributed by atoms with van der Waals surface area (Å²) >= 11 is 0. The van der Waals surface area contributed by atoms with Crippen molar-refractivity contribution in [3.63, 3.8) is 0 Å². The molecule has 7 heteroatoms. The Balaban J connectivity index is 1.85. The SMILES string of the molecule is COc1ccc(Cn2nc(C)c(NC(=O)c3cccc(OC)c3C)c2C)cc1OC. The van der Waals surface area contributed by atoms with E-state index < -0.39 is 0 Å². The normalized spacial score (nSPS) is 10.6. The molecule has 0 saturated heterocycles. The van der Waals surface area contributed by atoms with Gasteiger partial charge in [0.1, 0.15) is 5.75 Å². The molecule has 0 aliphatic rings. The number of ether oxygens (including phenoxy) is 3. The maximum Gasteiger partial charge on any atom is 0.256 e. The fourth-order valence-electron chi connectivity index (χ4n) is 3.45. The molecule has 0 spiro atoms. The average molecular weight is 409 g/mol. The number of aromatic nitrogens is 2. The van der Waals surface area contributed by atoms with Gasteiger partial charge in [-0.3, -0.25) is 9.48 Å². The highest BCUT2D eigenvalue weighted by Gasteiger charge is 2.18. The van der Waals surface area contributed by atoms with Crippen LogP contribution < -0.4 is 19.5 Å². The van der Waals surface area contributed by atoms with E-state index in [1.807, 2.05) is 49.7 Å². The summed E-state index contributed by atoms with van der Waals surface area (Å²) in [7, 11) is 4.81. The van der Waals surface area contributed by atoms with Crippen LogP contribution >= 0.6 is 0 Å². The average Bonchev–Trinajstić information content (AvgIpc) is 3.00. The van der Waals surface area contributed by atoms with Crippen LogP contribution in [0.2, 0.25) is 0 Å². The summed E-state index contributed by atoms with van der Waals surface area (Å²) in [6.07, 6.45) is 0. The van der Waals surface area contributed by atoms with Gasteiger partial charge in [-0.25, -0.2) is 0 Å². The lowest BCUT2D eigenvalue weighted by Gasteiger charge is -2.12. The molecular weight excluding hydrogens is 382 g/mol. The Hall–Kier alpha value is -3.48. The van der Waals surface area contributed by atoms with Gasteiger partial charge in [0.25, 0.3) is 5.91 Å². The van der Waals surface area contributed by atoms with Gasteiger partial charge in [-0.05, 0) is 50.6 Å². The maximum atomic E-state index is 12.9. The summed E-state index contributed by atoms with van der Waals surface area (Å²) in [6, 6.07) is 11.2. The molecule has 1 aromatic heterocycles. The summed E-state index contributed by atoms with van der Waals surface area (Å²) in [5.74, 6) is 1.83. The molecule has 3 aromatic rings. The molecule has 7 nitrogen and oxygen atoms in total. The highest BCUT2D eigenvalue weighted by molar-refractivity contribution is 6.06. The number of benzene rings is 2. The number of carbonyl (C=O) groups excluding carboxylic acids is 1. The van der Waals surface area contributed by atoms with Gasteiger partial charge in [-0.2, -0.15) is 5.10 Å². The van der Waals surface area contributed by atoms with E-state index in [2.05, 4.69) is 10.4 Å². The minimum absolute atomic E-state index is 0.191. The Labute approximate surface area is 176 Å². The van der Waals surface area contributed by atoms with Gasteiger partial charge in [-0.15, -0.1) is 0 Å². The smallest absolute Gasteiger partial charge is 0.256 e. The Morgan fingerprint density at radius 3 is 2.33 bits per heavy atom. The minimum Gasteiger partial charge on any atom is -0.496 e. The lowest BCUT2D eigenvalue weighted by Crippen LogP contribution is -2.15. The number of carbonyl (C=O) groups is 1. The van der Waals surface area contributed by atoms with Crippen molar-refractivity contribution in [3.05, 3.63) is 64.5 Å². The molecule has 0 aliphatic heterocycles. The van der Waals surface area contributed by atoms with Gasteiger partial charge in [0.05, 0.1) is 44.9 Å². The molecule has 0 atom stereocenters. The molecule has 1 amide bonds. The van der Waals surface area contributed by atoms with Crippen molar-refractivity contribution in [2.75, 3.05) is 26.6 Å². The zero-order valence-electron chi connectivity index (χ0n) is 18.2. The van der Waals surface area contributed by atoms with Crippen molar-refractivity contribution in [2.24, 2.45) is 0 Å². The van der Waals surface area contributed by atoms with Gasteiger partial charge in [-0.1, -0.05) is 12.1 Å². The number of nitrogens with zero attached hydrogens (tertiary/aromatic N) is 2. The Bertz CT molecular complexity index is 1070. The molecule has 158 valence electrons. The fourth-order valence-corrected chi connectivity index (χ4v) is 3.45. The van der Waals surface area contributed by atoms with E-state index in [1.165, 1.54) is 0 Å². The van der Waals surface area contributed by atoms with E-state index in [0.29, 0.717) is 35.0 Å². The molecule has 0 saturated carbocycles. The van der Waals surface area contributed by atoms with Crippen molar-refractivity contribution in [3.8, 4) is 17.2 Å². The quantitative estimate of drug-likeness (QED) is 0.635. The van der Waals surface area contributed by atoms with Gasteiger partial charge in [0.2, 0.25) is 0 Å². The van der Waals surface area contributed by atoms with E-state index in [0.717, 1.165) is 22.5 Å².